The van der Waals surface area contributed by atoms with E-state index in [1.807, 2.05) is 0 Å². The van der Waals surface area contributed by atoms with Gasteiger partial charge in [0.05, 0.1) is 12.2 Å². The number of esters is 2. The molecule has 0 aromatic rings. The first-order valence-electron chi connectivity index (χ1n) is 18.8. The number of aliphatic hydroxyl groups is 3. The summed E-state index contributed by atoms with van der Waals surface area (Å²) in [6.07, 6.45) is 24.5. The van der Waals surface area contributed by atoms with Gasteiger partial charge in [0.2, 0.25) is 0 Å². The Morgan fingerprint density at radius 3 is 1.70 bits per heavy atom. The van der Waals surface area contributed by atoms with Crippen LogP contribution in [0.25, 0.3) is 0 Å². The van der Waals surface area contributed by atoms with Gasteiger partial charge in [0.25, 0.3) is 0 Å². The Hall–Kier alpha value is -1.77. The molecule has 1 aliphatic rings. The maximum absolute atomic E-state index is 12.4. The summed E-state index contributed by atoms with van der Waals surface area (Å²) in [4.78, 5) is 36.4. The molecule has 0 aromatic carbocycles. The summed E-state index contributed by atoms with van der Waals surface area (Å²) in [5.41, 5.74) is 0. The number of allylic oxidation sites excluding steroid dienone is 1. The Balaban J connectivity index is 2.04. The zero-order valence-corrected chi connectivity index (χ0v) is 29.3. The third-order valence-electron chi connectivity index (χ3n) is 9.16. The summed E-state index contributed by atoms with van der Waals surface area (Å²) in [6, 6.07) is 0. The van der Waals surface area contributed by atoms with Gasteiger partial charge >= 0.3 is 11.9 Å². The molecule has 0 aliphatic heterocycles. The zero-order valence-electron chi connectivity index (χ0n) is 29.3. The highest BCUT2D eigenvalue weighted by Gasteiger charge is 2.39. The van der Waals surface area contributed by atoms with Gasteiger partial charge in [0.15, 0.2) is 0 Å². The van der Waals surface area contributed by atoms with E-state index in [1.54, 1.807) is 12.2 Å². The molecular formula is C38H68O8. The Kier molecular flexibility index (Phi) is 26.0. The van der Waals surface area contributed by atoms with Crippen molar-refractivity contribution in [1.29, 1.82) is 0 Å². The van der Waals surface area contributed by atoms with Crippen molar-refractivity contribution in [2.45, 2.75) is 186 Å². The molecule has 0 spiro atoms. The lowest BCUT2D eigenvalue weighted by atomic mass is 9.88. The van der Waals surface area contributed by atoms with Crippen LogP contribution in [0.5, 0.6) is 0 Å². The monoisotopic (exact) mass is 652 g/mol. The topological polar surface area (TPSA) is 130 Å². The first-order valence-corrected chi connectivity index (χ1v) is 18.8. The summed E-state index contributed by atoms with van der Waals surface area (Å²) in [5, 5.41) is 30.6. The molecule has 3 N–H and O–H groups in total. The van der Waals surface area contributed by atoms with Gasteiger partial charge in [-0.05, 0) is 31.6 Å². The van der Waals surface area contributed by atoms with E-state index in [2.05, 4.69) is 13.8 Å². The lowest BCUT2D eigenvalue weighted by Crippen LogP contribution is -2.25. The van der Waals surface area contributed by atoms with Crippen LogP contribution in [0, 0.1) is 11.8 Å². The van der Waals surface area contributed by atoms with Gasteiger partial charge in [-0.25, -0.2) is 0 Å². The van der Waals surface area contributed by atoms with E-state index >= 15 is 0 Å². The van der Waals surface area contributed by atoms with Crippen molar-refractivity contribution in [3.63, 3.8) is 0 Å². The van der Waals surface area contributed by atoms with E-state index in [0.717, 1.165) is 64.2 Å². The number of aliphatic hydroxyl groups excluding tert-OH is 3. The predicted molar refractivity (Wildman–Crippen MR) is 183 cm³/mol. The maximum atomic E-state index is 12.4. The largest absolute Gasteiger partial charge is 0.463 e. The van der Waals surface area contributed by atoms with E-state index in [0.29, 0.717) is 19.3 Å². The number of hydrogen-bond acceptors (Lipinski definition) is 8. The van der Waals surface area contributed by atoms with E-state index < -0.39 is 18.3 Å². The smallest absolute Gasteiger partial charge is 0.305 e. The minimum absolute atomic E-state index is 0.0359. The van der Waals surface area contributed by atoms with E-state index in [4.69, 9.17) is 9.47 Å². The van der Waals surface area contributed by atoms with Crippen molar-refractivity contribution in [3.8, 4) is 0 Å². The lowest BCUT2D eigenvalue weighted by molar-refractivity contribution is -0.152. The molecule has 1 aliphatic carbocycles. The second-order valence-electron chi connectivity index (χ2n) is 13.5. The van der Waals surface area contributed by atoms with Gasteiger partial charge in [0, 0.05) is 25.2 Å². The standard InChI is InChI=1S/C38H68O8/c1-3-5-7-8-9-10-11-12-13-14-15-20-24-37(43)45-29-32(40)30-46-38(44)25-21-17-16-19-23-33-34(36(42)28-35(33)41)27-26-31(39)22-18-6-4-2/h26-27,31-35,39-41H,3-25,28-30H2,1-2H3/b27-26+/t31-,32-,33+,34+,35-/m0/s1. The van der Waals surface area contributed by atoms with Crippen molar-refractivity contribution in [1.82, 2.24) is 0 Å². The van der Waals surface area contributed by atoms with Crippen molar-refractivity contribution in [3.05, 3.63) is 12.2 Å². The molecule has 0 heterocycles. The van der Waals surface area contributed by atoms with Crippen LogP contribution in [0.15, 0.2) is 12.2 Å². The molecule has 0 radical (unpaired) electrons. The first-order chi connectivity index (χ1) is 22.3. The first kappa shape index (κ1) is 42.3. The number of ketones is 1. The fourth-order valence-electron chi connectivity index (χ4n) is 6.23. The molecule has 1 rings (SSSR count). The molecule has 5 atom stereocenters. The van der Waals surface area contributed by atoms with Crippen molar-refractivity contribution < 1.29 is 39.2 Å². The van der Waals surface area contributed by atoms with Crippen LogP contribution in [-0.2, 0) is 23.9 Å². The summed E-state index contributed by atoms with van der Waals surface area (Å²) in [6.45, 7) is 3.99. The molecule has 0 saturated heterocycles. The Morgan fingerprint density at radius 1 is 0.717 bits per heavy atom. The molecule has 8 heteroatoms. The Bertz CT molecular complexity index is 813. The number of Topliss-reactive ketones (excluding diaryl/α,β-unsaturated/α-hetero) is 1. The SMILES string of the molecule is CCCCCCCCCCCCCCC(=O)OC[C@H](O)COC(=O)CCCCCC[C@H]1[C@@H](O)CC(=O)[C@@H]1/C=C/[C@@H](O)CCCCC. The van der Waals surface area contributed by atoms with Crippen LogP contribution in [-0.4, -0.2) is 64.6 Å². The van der Waals surface area contributed by atoms with Crippen LogP contribution >= 0.6 is 0 Å². The second-order valence-corrected chi connectivity index (χ2v) is 13.5. The number of hydrogen-bond donors (Lipinski definition) is 3. The number of ether oxygens (including phenoxy) is 2. The van der Waals surface area contributed by atoms with Gasteiger partial charge in [-0.2, -0.15) is 0 Å². The molecule has 0 aromatic heterocycles. The van der Waals surface area contributed by atoms with Gasteiger partial charge in [-0.3, -0.25) is 14.4 Å². The Labute approximate surface area is 280 Å². The third kappa shape index (κ3) is 21.9. The van der Waals surface area contributed by atoms with Crippen molar-refractivity contribution in [2.75, 3.05) is 13.2 Å². The fourth-order valence-corrected chi connectivity index (χ4v) is 6.23. The highest BCUT2D eigenvalue weighted by atomic mass is 16.6. The summed E-state index contributed by atoms with van der Waals surface area (Å²) in [5.74, 6) is -1.15. The minimum atomic E-state index is -1.03. The van der Waals surface area contributed by atoms with Gasteiger partial charge in [0.1, 0.15) is 25.1 Å². The molecule has 0 amide bonds. The quantitative estimate of drug-likeness (QED) is 0.0405. The zero-order chi connectivity index (χ0) is 33.8. The molecule has 8 nitrogen and oxygen atoms in total. The van der Waals surface area contributed by atoms with Crippen LogP contribution in [0.2, 0.25) is 0 Å². The van der Waals surface area contributed by atoms with Crippen molar-refractivity contribution >= 4 is 17.7 Å². The highest BCUT2D eigenvalue weighted by Crippen LogP contribution is 2.34. The molecule has 46 heavy (non-hydrogen) atoms. The van der Waals surface area contributed by atoms with E-state index in [1.165, 1.54) is 57.8 Å². The van der Waals surface area contributed by atoms with Crippen LogP contribution < -0.4 is 0 Å². The number of rotatable bonds is 30. The Morgan fingerprint density at radius 2 is 1.17 bits per heavy atom. The average molecular weight is 653 g/mol. The lowest BCUT2D eigenvalue weighted by Gasteiger charge is -2.19. The molecule has 268 valence electrons. The summed E-state index contributed by atoms with van der Waals surface area (Å²) >= 11 is 0. The van der Waals surface area contributed by atoms with E-state index in [9.17, 15) is 29.7 Å². The summed E-state index contributed by atoms with van der Waals surface area (Å²) in [7, 11) is 0. The van der Waals surface area contributed by atoms with Gasteiger partial charge < -0.3 is 24.8 Å². The molecule has 1 saturated carbocycles. The number of unbranched alkanes of at least 4 members (excludes halogenated alkanes) is 16. The van der Waals surface area contributed by atoms with Crippen LogP contribution in [0.4, 0.5) is 0 Å². The normalized spacial score (nSPS) is 19.5. The number of carbonyl (C=O) groups is 3. The number of carbonyl (C=O) groups excluding carboxylic acids is 3. The predicted octanol–water partition coefficient (Wildman–Crippen LogP) is 7.93. The molecule has 0 unspecified atom stereocenters. The maximum Gasteiger partial charge on any atom is 0.305 e. The molecule has 0 bridgehead atoms. The van der Waals surface area contributed by atoms with Crippen molar-refractivity contribution in [2.24, 2.45) is 11.8 Å². The van der Waals surface area contributed by atoms with E-state index in [-0.39, 0.29) is 55.6 Å². The van der Waals surface area contributed by atoms with Gasteiger partial charge in [-0.1, -0.05) is 135 Å². The highest BCUT2D eigenvalue weighted by molar-refractivity contribution is 5.86. The summed E-state index contributed by atoms with van der Waals surface area (Å²) < 4.78 is 10.3. The third-order valence-corrected chi connectivity index (χ3v) is 9.16. The molecular weight excluding hydrogens is 584 g/mol. The van der Waals surface area contributed by atoms with Crippen LogP contribution in [0.3, 0.4) is 0 Å². The second kappa shape index (κ2) is 28.3. The average Bonchev–Trinajstić information content (AvgIpc) is 3.31. The molecule has 1 fully saturated rings. The van der Waals surface area contributed by atoms with Gasteiger partial charge in [-0.15, -0.1) is 0 Å². The minimum Gasteiger partial charge on any atom is -0.463 e. The van der Waals surface area contributed by atoms with Crippen LogP contribution in [0.1, 0.15) is 168 Å². The fraction of sp³-hybridized carbons (Fsp3) is 0.868.